The van der Waals surface area contributed by atoms with Gasteiger partial charge in [0.2, 0.25) is 0 Å². The summed E-state index contributed by atoms with van der Waals surface area (Å²) in [5.41, 5.74) is 1.82. The van der Waals surface area contributed by atoms with Crippen LogP contribution in [0.3, 0.4) is 0 Å². The van der Waals surface area contributed by atoms with Gasteiger partial charge in [0.05, 0.1) is 18.1 Å². The van der Waals surface area contributed by atoms with E-state index in [0.717, 1.165) is 24.2 Å². The Balaban J connectivity index is 1.51. The molecular formula is C26H28N2O5S. The molecule has 178 valence electrons. The molecule has 0 spiro atoms. The van der Waals surface area contributed by atoms with Crippen LogP contribution in [0.15, 0.2) is 83.8 Å². The van der Waals surface area contributed by atoms with Gasteiger partial charge >= 0.3 is 0 Å². The van der Waals surface area contributed by atoms with Gasteiger partial charge < -0.3 is 14.4 Å². The van der Waals surface area contributed by atoms with Crippen molar-refractivity contribution in [3.05, 3.63) is 90.0 Å². The van der Waals surface area contributed by atoms with E-state index in [2.05, 4.69) is 4.72 Å². The summed E-state index contributed by atoms with van der Waals surface area (Å²) in [4.78, 5) is 15.4. The number of hydrogen-bond donors (Lipinski definition) is 1. The summed E-state index contributed by atoms with van der Waals surface area (Å²) in [5.74, 6) is 0.591. The summed E-state index contributed by atoms with van der Waals surface area (Å²) >= 11 is 0. The molecule has 4 rings (SSSR count). The lowest BCUT2D eigenvalue weighted by molar-refractivity contribution is 0.0507. The SMILES string of the molecule is COc1cccc(CN(CC2CCCO2)C(=O)c2ccc(NS(=O)(=O)c3ccccc3)cc2)c1. The molecule has 34 heavy (non-hydrogen) atoms. The third-order valence-corrected chi connectivity index (χ3v) is 7.08. The number of carbonyl (C=O) groups excluding carboxylic acids is 1. The van der Waals surface area contributed by atoms with Crippen molar-refractivity contribution in [2.24, 2.45) is 0 Å². The van der Waals surface area contributed by atoms with E-state index >= 15 is 0 Å². The van der Waals surface area contributed by atoms with Crippen LogP contribution in [-0.2, 0) is 21.3 Å². The summed E-state index contributed by atoms with van der Waals surface area (Å²) in [7, 11) is -2.09. The van der Waals surface area contributed by atoms with Crippen LogP contribution in [0.4, 0.5) is 5.69 Å². The molecule has 0 saturated carbocycles. The first-order chi connectivity index (χ1) is 16.4. The van der Waals surface area contributed by atoms with E-state index in [4.69, 9.17) is 9.47 Å². The quantitative estimate of drug-likeness (QED) is 0.493. The third kappa shape index (κ3) is 5.95. The van der Waals surface area contributed by atoms with Crippen molar-refractivity contribution in [1.82, 2.24) is 4.90 Å². The molecule has 1 unspecified atom stereocenters. The number of amides is 1. The Morgan fingerprint density at radius 1 is 1.06 bits per heavy atom. The number of benzene rings is 3. The largest absolute Gasteiger partial charge is 0.497 e. The van der Waals surface area contributed by atoms with Crippen molar-refractivity contribution in [2.45, 2.75) is 30.4 Å². The fourth-order valence-corrected chi connectivity index (χ4v) is 5.00. The lowest BCUT2D eigenvalue weighted by Crippen LogP contribution is -2.37. The smallest absolute Gasteiger partial charge is 0.261 e. The molecule has 0 bridgehead atoms. The van der Waals surface area contributed by atoms with Gasteiger partial charge in [0.25, 0.3) is 15.9 Å². The number of carbonyl (C=O) groups is 1. The second kappa shape index (κ2) is 10.7. The molecule has 1 amide bonds. The van der Waals surface area contributed by atoms with Gasteiger partial charge in [0.1, 0.15) is 5.75 Å². The van der Waals surface area contributed by atoms with Crippen LogP contribution in [0, 0.1) is 0 Å². The maximum absolute atomic E-state index is 13.4. The molecule has 7 nitrogen and oxygen atoms in total. The summed E-state index contributed by atoms with van der Waals surface area (Å²) < 4.78 is 38.8. The Labute approximate surface area is 200 Å². The van der Waals surface area contributed by atoms with Crippen molar-refractivity contribution >= 4 is 21.6 Å². The Bertz CT molecular complexity index is 1210. The minimum Gasteiger partial charge on any atom is -0.497 e. The first kappa shape index (κ1) is 23.8. The number of rotatable bonds is 9. The molecule has 1 saturated heterocycles. The van der Waals surface area contributed by atoms with Gasteiger partial charge in [-0.1, -0.05) is 30.3 Å². The van der Waals surface area contributed by atoms with Gasteiger partial charge in [-0.05, 0) is 66.9 Å². The van der Waals surface area contributed by atoms with E-state index < -0.39 is 10.0 Å². The molecule has 3 aromatic carbocycles. The molecule has 3 aromatic rings. The highest BCUT2D eigenvalue weighted by atomic mass is 32.2. The molecule has 0 aromatic heterocycles. The molecule has 1 N–H and O–H groups in total. The van der Waals surface area contributed by atoms with Crippen LogP contribution in [-0.4, -0.2) is 45.6 Å². The normalized spacial score (nSPS) is 15.6. The van der Waals surface area contributed by atoms with Crippen LogP contribution < -0.4 is 9.46 Å². The van der Waals surface area contributed by atoms with E-state index in [1.165, 1.54) is 12.1 Å². The topological polar surface area (TPSA) is 84.9 Å². The maximum atomic E-state index is 13.4. The predicted molar refractivity (Wildman–Crippen MR) is 130 cm³/mol. The molecule has 0 aliphatic carbocycles. The fraction of sp³-hybridized carbons (Fsp3) is 0.269. The van der Waals surface area contributed by atoms with E-state index in [0.29, 0.717) is 30.9 Å². The molecule has 1 aliphatic rings. The molecular weight excluding hydrogens is 452 g/mol. The lowest BCUT2D eigenvalue weighted by atomic mass is 10.1. The summed E-state index contributed by atoms with van der Waals surface area (Å²) in [6.07, 6.45) is 1.91. The Morgan fingerprint density at radius 2 is 1.82 bits per heavy atom. The number of sulfonamides is 1. The van der Waals surface area contributed by atoms with Gasteiger partial charge in [-0.2, -0.15) is 0 Å². The Morgan fingerprint density at radius 3 is 2.50 bits per heavy atom. The van der Waals surface area contributed by atoms with Crippen molar-refractivity contribution in [3.63, 3.8) is 0 Å². The van der Waals surface area contributed by atoms with Crippen LogP contribution >= 0.6 is 0 Å². The minimum absolute atomic E-state index is 0.00603. The molecule has 1 atom stereocenters. The molecule has 1 aliphatic heterocycles. The molecule has 0 radical (unpaired) electrons. The predicted octanol–water partition coefficient (Wildman–Crippen LogP) is 4.32. The number of nitrogens with zero attached hydrogens (tertiary/aromatic N) is 1. The first-order valence-corrected chi connectivity index (χ1v) is 12.6. The highest BCUT2D eigenvalue weighted by molar-refractivity contribution is 7.92. The van der Waals surface area contributed by atoms with Crippen LogP contribution in [0.5, 0.6) is 5.75 Å². The maximum Gasteiger partial charge on any atom is 0.261 e. The molecule has 8 heteroatoms. The zero-order valence-corrected chi connectivity index (χ0v) is 19.8. The van der Waals surface area contributed by atoms with Gasteiger partial charge in [0, 0.05) is 30.9 Å². The molecule has 1 heterocycles. The summed E-state index contributed by atoms with van der Waals surface area (Å²) in [6, 6.07) is 22.3. The summed E-state index contributed by atoms with van der Waals surface area (Å²) in [6.45, 7) is 1.61. The van der Waals surface area contributed by atoms with Gasteiger partial charge in [-0.25, -0.2) is 8.42 Å². The number of nitrogens with one attached hydrogen (secondary N) is 1. The van der Waals surface area contributed by atoms with Gasteiger partial charge in [0.15, 0.2) is 0 Å². The van der Waals surface area contributed by atoms with Gasteiger partial charge in [-0.15, -0.1) is 0 Å². The van der Waals surface area contributed by atoms with Crippen LogP contribution in [0.25, 0.3) is 0 Å². The summed E-state index contributed by atoms with van der Waals surface area (Å²) in [5, 5.41) is 0. The fourth-order valence-electron chi connectivity index (χ4n) is 3.92. The number of hydrogen-bond acceptors (Lipinski definition) is 5. The number of anilines is 1. The van der Waals surface area contributed by atoms with Crippen molar-refractivity contribution in [1.29, 1.82) is 0 Å². The second-order valence-corrected chi connectivity index (χ2v) is 9.85. The molecule has 1 fully saturated rings. The second-order valence-electron chi connectivity index (χ2n) is 8.17. The van der Waals surface area contributed by atoms with Crippen LogP contribution in [0.1, 0.15) is 28.8 Å². The highest BCUT2D eigenvalue weighted by Crippen LogP contribution is 2.21. The van der Waals surface area contributed by atoms with Crippen molar-refractivity contribution < 1.29 is 22.7 Å². The average Bonchev–Trinajstić information content (AvgIpc) is 3.37. The Kier molecular flexibility index (Phi) is 7.49. The van der Waals surface area contributed by atoms with E-state index in [-0.39, 0.29) is 16.9 Å². The minimum atomic E-state index is -3.70. The first-order valence-electron chi connectivity index (χ1n) is 11.2. The zero-order valence-electron chi connectivity index (χ0n) is 19.0. The lowest BCUT2D eigenvalue weighted by Gasteiger charge is -2.26. The van der Waals surface area contributed by atoms with E-state index in [1.54, 1.807) is 54.5 Å². The van der Waals surface area contributed by atoms with Gasteiger partial charge in [-0.3, -0.25) is 9.52 Å². The average molecular weight is 481 g/mol. The van der Waals surface area contributed by atoms with Crippen molar-refractivity contribution in [2.75, 3.05) is 25.0 Å². The Hall–Kier alpha value is -3.36. The standard InChI is InChI=1S/C26H28N2O5S/c1-32-23-8-5-7-20(17-23)18-28(19-24-9-6-16-33-24)26(29)21-12-14-22(15-13-21)27-34(30,31)25-10-3-2-4-11-25/h2-5,7-8,10-15,17,24,27H,6,9,16,18-19H2,1H3. The van der Waals surface area contributed by atoms with E-state index in [9.17, 15) is 13.2 Å². The highest BCUT2D eigenvalue weighted by Gasteiger charge is 2.24. The van der Waals surface area contributed by atoms with Crippen molar-refractivity contribution in [3.8, 4) is 5.75 Å². The van der Waals surface area contributed by atoms with E-state index in [1.807, 2.05) is 24.3 Å². The number of ether oxygens (including phenoxy) is 2. The zero-order chi connectivity index (χ0) is 24.0. The monoisotopic (exact) mass is 480 g/mol. The van der Waals surface area contributed by atoms with Crippen LogP contribution in [0.2, 0.25) is 0 Å². The third-order valence-electron chi connectivity index (χ3n) is 5.68. The number of methoxy groups -OCH3 is 1.